The summed E-state index contributed by atoms with van der Waals surface area (Å²) in [5.41, 5.74) is 1.25. The largest absolute Gasteiger partial charge is 0.494 e. The van der Waals surface area contributed by atoms with Crippen molar-refractivity contribution in [2.24, 2.45) is 0 Å². The van der Waals surface area contributed by atoms with Crippen LogP contribution in [0.25, 0.3) is 10.9 Å². The number of hydrogen-bond donors (Lipinski definition) is 2. The fourth-order valence-corrected chi connectivity index (χ4v) is 3.22. The van der Waals surface area contributed by atoms with Crippen molar-refractivity contribution >= 4 is 22.5 Å². The van der Waals surface area contributed by atoms with Crippen molar-refractivity contribution < 1.29 is 28.1 Å². The average molecular weight is 457 g/mol. The Morgan fingerprint density at radius 2 is 1.70 bits per heavy atom. The van der Waals surface area contributed by atoms with Gasteiger partial charge in [-0.2, -0.15) is 5.10 Å². The second kappa shape index (κ2) is 9.65. The lowest BCUT2D eigenvalue weighted by Crippen LogP contribution is -2.06. The van der Waals surface area contributed by atoms with E-state index in [1.54, 1.807) is 10.9 Å². The summed E-state index contributed by atoms with van der Waals surface area (Å²) in [6.45, 7) is -0.0436. The van der Waals surface area contributed by atoms with E-state index in [2.05, 4.69) is 20.4 Å². The van der Waals surface area contributed by atoms with Crippen LogP contribution in [-0.4, -0.2) is 45.7 Å². The van der Waals surface area contributed by atoms with Crippen LogP contribution in [0.15, 0.2) is 42.9 Å². The van der Waals surface area contributed by atoms with Gasteiger partial charge in [0.25, 0.3) is 0 Å². The molecule has 0 radical (unpaired) electrons. The molecule has 2 heterocycles. The van der Waals surface area contributed by atoms with E-state index in [9.17, 15) is 8.78 Å². The van der Waals surface area contributed by atoms with Crippen LogP contribution < -0.4 is 19.5 Å². The summed E-state index contributed by atoms with van der Waals surface area (Å²) in [6.07, 6.45) is 4.50. The van der Waals surface area contributed by atoms with Gasteiger partial charge < -0.3 is 24.6 Å². The first-order chi connectivity index (χ1) is 16.0. The average Bonchev–Trinajstić information content (AvgIpc) is 3.22. The number of aromatic nitrogens is 4. The van der Waals surface area contributed by atoms with Crippen molar-refractivity contribution in [3.05, 3.63) is 60.1 Å². The van der Waals surface area contributed by atoms with Crippen molar-refractivity contribution in [2.45, 2.75) is 13.2 Å². The highest BCUT2D eigenvalue weighted by molar-refractivity contribution is 5.83. The maximum absolute atomic E-state index is 14.5. The maximum Gasteiger partial charge on any atom is 0.227 e. The number of hydrogen-bond acceptors (Lipinski definition) is 8. The van der Waals surface area contributed by atoms with Crippen LogP contribution in [0.4, 0.5) is 20.4 Å². The molecule has 0 unspecified atom stereocenters. The molecular formula is C22H21F2N5O4. The Morgan fingerprint density at radius 1 is 1.00 bits per heavy atom. The number of aliphatic hydroxyl groups is 1. The second-order valence-corrected chi connectivity index (χ2v) is 6.91. The van der Waals surface area contributed by atoms with Crippen LogP contribution in [0.5, 0.6) is 17.2 Å². The first-order valence-corrected chi connectivity index (χ1v) is 9.91. The molecule has 0 amide bonds. The Balaban J connectivity index is 1.46. The highest BCUT2D eigenvalue weighted by atomic mass is 19.1. The molecule has 2 aromatic carbocycles. The van der Waals surface area contributed by atoms with Crippen molar-refractivity contribution in [1.29, 1.82) is 0 Å². The third-order valence-electron chi connectivity index (χ3n) is 4.89. The summed E-state index contributed by atoms with van der Waals surface area (Å²) < 4.78 is 45.9. The number of benzene rings is 2. The Morgan fingerprint density at radius 3 is 2.33 bits per heavy atom. The van der Waals surface area contributed by atoms with Crippen molar-refractivity contribution in [2.75, 3.05) is 26.1 Å². The number of methoxy groups -OCH3 is 2. The molecule has 2 N–H and O–H groups in total. The molecular weight excluding hydrogens is 436 g/mol. The number of fused-ring (bicyclic) bond motifs is 1. The van der Waals surface area contributed by atoms with Gasteiger partial charge >= 0.3 is 0 Å². The summed E-state index contributed by atoms with van der Waals surface area (Å²) in [6, 6.07) is 6.74. The van der Waals surface area contributed by atoms with Gasteiger partial charge in [-0.3, -0.25) is 4.68 Å². The lowest BCUT2D eigenvalue weighted by Gasteiger charge is -2.13. The summed E-state index contributed by atoms with van der Waals surface area (Å²) in [5.74, 6) is -1.52. The van der Waals surface area contributed by atoms with Crippen LogP contribution in [-0.2, 0) is 13.2 Å². The molecule has 0 bridgehead atoms. The zero-order chi connectivity index (χ0) is 23.4. The van der Waals surface area contributed by atoms with Gasteiger partial charge in [-0.1, -0.05) is 0 Å². The molecule has 0 aliphatic heterocycles. The number of nitrogens with one attached hydrogen (secondary N) is 1. The smallest absolute Gasteiger partial charge is 0.227 e. The minimum Gasteiger partial charge on any atom is -0.494 e. The van der Waals surface area contributed by atoms with Gasteiger partial charge in [0.1, 0.15) is 6.61 Å². The highest BCUT2D eigenvalue weighted by Crippen LogP contribution is 2.32. The van der Waals surface area contributed by atoms with E-state index in [4.69, 9.17) is 19.3 Å². The molecule has 2 aromatic heterocycles. The first-order valence-electron chi connectivity index (χ1n) is 9.91. The predicted molar refractivity (Wildman–Crippen MR) is 116 cm³/mol. The van der Waals surface area contributed by atoms with E-state index in [0.29, 0.717) is 12.5 Å². The molecule has 0 fully saturated rings. The van der Waals surface area contributed by atoms with E-state index < -0.39 is 18.2 Å². The van der Waals surface area contributed by atoms with Crippen LogP contribution in [0, 0.1) is 11.6 Å². The third kappa shape index (κ3) is 4.62. The lowest BCUT2D eigenvalue weighted by atomic mass is 10.1. The molecule has 4 rings (SSSR count). The molecule has 0 aliphatic rings. The van der Waals surface area contributed by atoms with Gasteiger partial charge in [0.15, 0.2) is 28.9 Å². The fraction of sp³-hybridized carbons (Fsp3) is 0.227. The Kier molecular flexibility index (Phi) is 6.50. The van der Waals surface area contributed by atoms with Gasteiger partial charge in [0.2, 0.25) is 5.95 Å². The monoisotopic (exact) mass is 457 g/mol. The van der Waals surface area contributed by atoms with Gasteiger partial charge in [-0.05, 0) is 18.2 Å². The van der Waals surface area contributed by atoms with Crippen LogP contribution in [0.1, 0.15) is 5.56 Å². The Bertz CT molecular complexity index is 1240. The van der Waals surface area contributed by atoms with E-state index in [1.807, 2.05) is 18.2 Å². The Labute approximate surface area is 187 Å². The predicted octanol–water partition coefficient (Wildman–Crippen LogP) is 3.44. The number of rotatable bonds is 9. The first kappa shape index (κ1) is 22.2. The van der Waals surface area contributed by atoms with E-state index >= 15 is 0 Å². The topological polar surface area (TPSA) is 104 Å². The number of ether oxygens (including phenoxy) is 3. The van der Waals surface area contributed by atoms with Gasteiger partial charge in [-0.15, -0.1) is 0 Å². The normalized spacial score (nSPS) is 10.9. The fourth-order valence-electron chi connectivity index (χ4n) is 3.22. The van der Waals surface area contributed by atoms with Crippen LogP contribution in [0.2, 0.25) is 0 Å². The third-order valence-corrected chi connectivity index (χ3v) is 4.89. The molecule has 0 saturated carbocycles. The molecule has 11 heteroatoms. The molecule has 172 valence electrons. The minimum atomic E-state index is -0.870. The van der Waals surface area contributed by atoms with Crippen molar-refractivity contribution in [1.82, 2.24) is 19.7 Å². The van der Waals surface area contributed by atoms with Crippen molar-refractivity contribution in [3.8, 4) is 17.2 Å². The molecule has 33 heavy (non-hydrogen) atoms. The van der Waals surface area contributed by atoms with Crippen LogP contribution >= 0.6 is 0 Å². The molecule has 4 aromatic rings. The zero-order valence-electron chi connectivity index (χ0n) is 17.9. The maximum atomic E-state index is 14.5. The van der Waals surface area contributed by atoms with Gasteiger partial charge in [-0.25, -0.2) is 18.7 Å². The number of aliphatic hydroxyl groups excluding tert-OH is 1. The summed E-state index contributed by atoms with van der Waals surface area (Å²) in [4.78, 5) is 8.36. The SMILES string of the molecule is COc1cc(OC)c(F)c(COc2cnc(Nc3ccc4cnn(CCO)c4c3)nc2)c1F. The molecule has 0 saturated heterocycles. The van der Waals surface area contributed by atoms with Crippen LogP contribution in [0.3, 0.4) is 0 Å². The standard InChI is InChI=1S/C22H21F2N5O4/c1-31-18-8-19(32-2)21(24)16(20(18)23)12-33-15-10-25-22(26-11-15)28-14-4-3-13-9-27-29(5-6-30)17(13)7-14/h3-4,7-11,30H,5-6,12H2,1-2H3,(H,25,26,28). The molecule has 0 spiro atoms. The van der Waals surface area contributed by atoms with E-state index in [0.717, 1.165) is 22.7 Å². The van der Waals surface area contributed by atoms with E-state index in [1.165, 1.54) is 26.6 Å². The summed E-state index contributed by atoms with van der Waals surface area (Å²) in [7, 11) is 2.55. The number of halogens is 2. The minimum absolute atomic E-state index is 0.0185. The second-order valence-electron chi connectivity index (χ2n) is 6.91. The Hall–Kier alpha value is -3.99. The lowest BCUT2D eigenvalue weighted by molar-refractivity contribution is 0.271. The number of anilines is 2. The van der Waals surface area contributed by atoms with E-state index in [-0.39, 0.29) is 29.4 Å². The quantitative estimate of drug-likeness (QED) is 0.394. The zero-order valence-corrected chi connectivity index (χ0v) is 17.9. The molecule has 0 aliphatic carbocycles. The van der Waals surface area contributed by atoms with Gasteiger partial charge in [0.05, 0.1) is 57.0 Å². The highest BCUT2D eigenvalue weighted by Gasteiger charge is 2.20. The van der Waals surface area contributed by atoms with Gasteiger partial charge in [0, 0.05) is 17.1 Å². The summed E-state index contributed by atoms with van der Waals surface area (Å²) in [5, 5.41) is 17.4. The number of nitrogens with zero attached hydrogens (tertiary/aromatic N) is 4. The molecule has 9 nitrogen and oxygen atoms in total. The summed E-state index contributed by atoms with van der Waals surface area (Å²) >= 11 is 0. The van der Waals surface area contributed by atoms with Crippen molar-refractivity contribution in [3.63, 3.8) is 0 Å². The molecule has 0 atom stereocenters.